The Morgan fingerprint density at radius 2 is 2.24 bits per heavy atom. The van der Waals surface area contributed by atoms with Crippen LogP contribution in [-0.2, 0) is 26.6 Å². The lowest BCUT2D eigenvalue weighted by molar-refractivity contribution is 0.562. The van der Waals surface area contributed by atoms with Crippen LogP contribution in [0.1, 0.15) is 18.2 Å². The van der Waals surface area contributed by atoms with Crippen LogP contribution in [0.3, 0.4) is 0 Å². The summed E-state index contributed by atoms with van der Waals surface area (Å²) >= 11 is 0. The molecule has 0 aliphatic heterocycles. The van der Waals surface area contributed by atoms with Crippen LogP contribution in [-0.4, -0.2) is 26.1 Å². The molecule has 0 spiro atoms. The van der Waals surface area contributed by atoms with Crippen molar-refractivity contribution >= 4 is 0 Å². The Hall–Kier alpha value is -1.62. The first-order chi connectivity index (χ1) is 8.29. The quantitative estimate of drug-likeness (QED) is 0.808. The molecule has 0 saturated carbocycles. The van der Waals surface area contributed by atoms with Gasteiger partial charge >= 0.3 is 0 Å². The Balaban J connectivity index is 1.92. The molecule has 0 fully saturated rings. The summed E-state index contributed by atoms with van der Waals surface area (Å²) in [5, 5.41) is 11.8. The van der Waals surface area contributed by atoms with Gasteiger partial charge in [-0.25, -0.2) is 0 Å². The number of aromatic nitrogens is 4. The molecule has 92 valence electrons. The van der Waals surface area contributed by atoms with E-state index in [0.717, 1.165) is 26.1 Å². The van der Waals surface area contributed by atoms with Gasteiger partial charge in [-0.3, -0.25) is 9.36 Å². The van der Waals surface area contributed by atoms with Gasteiger partial charge in [0, 0.05) is 32.5 Å². The van der Waals surface area contributed by atoms with Gasteiger partial charge in [0.2, 0.25) is 0 Å². The lowest BCUT2D eigenvalue weighted by Gasteiger charge is -2.06. The molecule has 0 aliphatic carbocycles. The first kappa shape index (κ1) is 11.9. The van der Waals surface area contributed by atoms with Crippen LogP contribution >= 0.6 is 0 Å². The summed E-state index contributed by atoms with van der Waals surface area (Å²) in [5.41, 5.74) is 2.48. The van der Waals surface area contributed by atoms with Crippen LogP contribution in [0.4, 0.5) is 0 Å². The molecule has 2 rings (SSSR count). The first-order valence-corrected chi connectivity index (χ1v) is 5.98. The molecule has 1 N–H and O–H groups in total. The average molecular weight is 233 g/mol. The number of nitrogens with one attached hydrogen (secondary N) is 1. The molecule has 5 nitrogen and oxygen atoms in total. The van der Waals surface area contributed by atoms with Crippen LogP contribution in [0.25, 0.3) is 0 Å². The molecular weight excluding hydrogens is 214 g/mol. The Bertz CT molecular complexity index is 457. The second kappa shape index (κ2) is 5.63. The van der Waals surface area contributed by atoms with Gasteiger partial charge in [-0.15, -0.1) is 0 Å². The van der Waals surface area contributed by atoms with Gasteiger partial charge in [0.1, 0.15) is 0 Å². The second-order valence-electron chi connectivity index (χ2n) is 4.10. The lowest BCUT2D eigenvalue weighted by atomic mass is 10.2. The van der Waals surface area contributed by atoms with E-state index in [2.05, 4.69) is 33.2 Å². The highest BCUT2D eigenvalue weighted by atomic mass is 15.3. The van der Waals surface area contributed by atoms with Gasteiger partial charge in [0.25, 0.3) is 0 Å². The molecule has 2 aromatic rings. The number of aryl methyl sites for hydroxylation is 3. The average Bonchev–Trinajstić information content (AvgIpc) is 2.92. The van der Waals surface area contributed by atoms with Crippen LogP contribution in [0, 0.1) is 0 Å². The van der Waals surface area contributed by atoms with Gasteiger partial charge in [0.05, 0.1) is 11.9 Å². The molecule has 5 heteroatoms. The summed E-state index contributed by atoms with van der Waals surface area (Å²) in [6.07, 6.45) is 6.78. The summed E-state index contributed by atoms with van der Waals surface area (Å²) in [6.45, 7) is 4.87. The van der Waals surface area contributed by atoms with Gasteiger partial charge < -0.3 is 5.32 Å². The smallest absolute Gasteiger partial charge is 0.0522 e. The van der Waals surface area contributed by atoms with Gasteiger partial charge in [-0.05, 0) is 24.6 Å². The third-order valence-electron chi connectivity index (χ3n) is 2.73. The topological polar surface area (TPSA) is 47.7 Å². The van der Waals surface area contributed by atoms with Crippen molar-refractivity contribution in [3.05, 3.63) is 35.9 Å². The van der Waals surface area contributed by atoms with Crippen molar-refractivity contribution in [2.24, 2.45) is 7.05 Å². The molecule has 0 bridgehead atoms. The van der Waals surface area contributed by atoms with Crippen molar-refractivity contribution in [3.63, 3.8) is 0 Å². The van der Waals surface area contributed by atoms with E-state index in [-0.39, 0.29) is 0 Å². The number of hydrogen-bond donors (Lipinski definition) is 1. The molecule has 0 aromatic carbocycles. The fourth-order valence-electron chi connectivity index (χ4n) is 1.80. The highest BCUT2D eigenvalue weighted by Gasteiger charge is 2.03. The largest absolute Gasteiger partial charge is 0.311 e. The van der Waals surface area contributed by atoms with Crippen molar-refractivity contribution in [3.8, 4) is 0 Å². The molecule has 0 aliphatic rings. The summed E-state index contributed by atoms with van der Waals surface area (Å²) < 4.78 is 3.88. The zero-order chi connectivity index (χ0) is 12.1. The Kier molecular flexibility index (Phi) is 3.93. The van der Waals surface area contributed by atoms with Gasteiger partial charge in [-0.2, -0.15) is 10.2 Å². The third kappa shape index (κ3) is 3.17. The minimum Gasteiger partial charge on any atom is -0.311 e. The maximum Gasteiger partial charge on any atom is 0.0522 e. The van der Waals surface area contributed by atoms with E-state index in [1.54, 1.807) is 0 Å². The number of rotatable bonds is 6. The lowest BCUT2D eigenvalue weighted by Crippen LogP contribution is -2.16. The molecule has 0 amide bonds. The highest BCUT2D eigenvalue weighted by Crippen LogP contribution is 2.03. The van der Waals surface area contributed by atoms with Crippen LogP contribution in [0.2, 0.25) is 0 Å². The molecule has 0 radical (unpaired) electrons. The van der Waals surface area contributed by atoms with Crippen molar-refractivity contribution in [1.29, 1.82) is 0 Å². The Morgan fingerprint density at radius 1 is 1.35 bits per heavy atom. The highest BCUT2D eigenvalue weighted by molar-refractivity contribution is 5.05. The first-order valence-electron chi connectivity index (χ1n) is 5.98. The summed E-state index contributed by atoms with van der Waals surface area (Å²) in [7, 11) is 1.94. The maximum atomic E-state index is 4.34. The standard InChI is InChI=1S/C12H19N5/c1-3-13-9-12-4-6-14-17(12)7-5-11-8-15-16(2)10-11/h4,6,8,10,13H,3,5,7,9H2,1-2H3. The van der Waals surface area contributed by atoms with E-state index in [1.165, 1.54) is 11.3 Å². The van der Waals surface area contributed by atoms with Crippen LogP contribution in [0.15, 0.2) is 24.7 Å². The van der Waals surface area contributed by atoms with Gasteiger partial charge in [-0.1, -0.05) is 6.92 Å². The summed E-state index contributed by atoms with van der Waals surface area (Å²) in [5.74, 6) is 0. The fourth-order valence-corrected chi connectivity index (χ4v) is 1.80. The zero-order valence-electron chi connectivity index (χ0n) is 10.4. The molecule has 0 atom stereocenters. The molecular formula is C12H19N5. The van der Waals surface area contributed by atoms with E-state index >= 15 is 0 Å². The van der Waals surface area contributed by atoms with Crippen molar-refractivity contribution in [2.75, 3.05) is 6.54 Å². The van der Waals surface area contributed by atoms with E-state index in [4.69, 9.17) is 0 Å². The summed E-state index contributed by atoms with van der Waals surface area (Å²) in [6, 6.07) is 2.06. The van der Waals surface area contributed by atoms with E-state index < -0.39 is 0 Å². The maximum absolute atomic E-state index is 4.34. The molecule has 0 unspecified atom stereocenters. The van der Waals surface area contributed by atoms with Crippen molar-refractivity contribution in [1.82, 2.24) is 24.9 Å². The second-order valence-corrected chi connectivity index (χ2v) is 4.10. The molecule has 2 heterocycles. The van der Waals surface area contributed by atoms with E-state index in [9.17, 15) is 0 Å². The number of nitrogens with zero attached hydrogens (tertiary/aromatic N) is 4. The van der Waals surface area contributed by atoms with E-state index in [0.29, 0.717) is 0 Å². The fraction of sp³-hybridized carbons (Fsp3) is 0.500. The van der Waals surface area contributed by atoms with Crippen LogP contribution < -0.4 is 5.32 Å². The molecule has 17 heavy (non-hydrogen) atoms. The monoisotopic (exact) mass is 233 g/mol. The van der Waals surface area contributed by atoms with Crippen molar-refractivity contribution in [2.45, 2.75) is 26.4 Å². The van der Waals surface area contributed by atoms with E-state index in [1.807, 2.05) is 30.3 Å². The predicted molar refractivity (Wildman–Crippen MR) is 66.5 cm³/mol. The normalized spacial score (nSPS) is 10.9. The van der Waals surface area contributed by atoms with Crippen LogP contribution in [0.5, 0.6) is 0 Å². The molecule has 2 aromatic heterocycles. The summed E-state index contributed by atoms with van der Waals surface area (Å²) in [4.78, 5) is 0. The third-order valence-corrected chi connectivity index (χ3v) is 2.73. The number of hydrogen-bond acceptors (Lipinski definition) is 3. The van der Waals surface area contributed by atoms with Gasteiger partial charge in [0.15, 0.2) is 0 Å². The SMILES string of the molecule is CCNCc1ccnn1CCc1cnn(C)c1. The predicted octanol–water partition coefficient (Wildman–Crippen LogP) is 0.969. The Morgan fingerprint density at radius 3 is 2.94 bits per heavy atom. The molecule has 0 saturated heterocycles. The minimum absolute atomic E-state index is 0.879. The van der Waals surface area contributed by atoms with Crippen molar-refractivity contribution < 1.29 is 0 Å². The Labute approximate surface area is 101 Å². The zero-order valence-corrected chi connectivity index (χ0v) is 10.4. The minimum atomic E-state index is 0.879.